The molecule has 0 radical (unpaired) electrons. The first-order valence-electron chi connectivity index (χ1n) is 5.41. The molecule has 2 N–H and O–H groups in total. The number of allylic oxidation sites excluding steroid dienone is 2. The first-order chi connectivity index (χ1) is 6.62. The van der Waals surface area contributed by atoms with E-state index in [0.29, 0.717) is 6.42 Å². The Morgan fingerprint density at radius 1 is 1.07 bits per heavy atom. The Kier molecular flexibility index (Phi) is 5.26. The number of aliphatic hydroxyl groups is 2. The lowest BCUT2D eigenvalue weighted by atomic mass is 9.96. The molecule has 0 aromatic heterocycles. The predicted octanol–water partition coefficient (Wildman–Crippen LogP) is 2.81. The van der Waals surface area contributed by atoms with Crippen LogP contribution in [0, 0.1) is 0 Å². The molecule has 0 aromatic rings. The van der Waals surface area contributed by atoms with Crippen LogP contribution in [0.25, 0.3) is 0 Å². The van der Waals surface area contributed by atoms with Crippen molar-refractivity contribution in [3.63, 3.8) is 0 Å². The van der Waals surface area contributed by atoms with Crippen LogP contribution in [0.5, 0.6) is 0 Å². The van der Waals surface area contributed by atoms with Crippen LogP contribution in [0.2, 0.25) is 0 Å². The highest BCUT2D eigenvalue weighted by Gasteiger charge is 2.17. The zero-order valence-electron chi connectivity index (χ0n) is 10.5. The minimum atomic E-state index is -0.861. The van der Waals surface area contributed by atoms with Crippen molar-refractivity contribution in [2.75, 3.05) is 0 Å². The van der Waals surface area contributed by atoms with E-state index in [-0.39, 0.29) is 0 Å². The molecule has 0 fully saturated rings. The summed E-state index contributed by atoms with van der Waals surface area (Å²) in [4.78, 5) is 0. The van der Waals surface area contributed by atoms with Crippen LogP contribution in [0.4, 0.5) is 0 Å². The standard InChI is InChI=1S/C13H24O2/c1-11(2)7-6-8-13(5,15)10-9-12(3,4)14/h7,9-10,14-15H,6,8H2,1-5H3/b10-9+. The lowest BCUT2D eigenvalue weighted by Gasteiger charge is -2.20. The van der Waals surface area contributed by atoms with Gasteiger partial charge in [-0.05, 0) is 47.5 Å². The normalized spacial score (nSPS) is 16.5. The highest BCUT2D eigenvalue weighted by atomic mass is 16.3. The van der Waals surface area contributed by atoms with E-state index in [2.05, 4.69) is 6.08 Å². The van der Waals surface area contributed by atoms with Crippen LogP contribution in [0.15, 0.2) is 23.8 Å². The summed E-state index contributed by atoms with van der Waals surface area (Å²) in [5.74, 6) is 0. The Bertz CT molecular complexity index is 238. The summed E-state index contributed by atoms with van der Waals surface area (Å²) in [6.07, 6.45) is 6.93. The van der Waals surface area contributed by atoms with Crippen molar-refractivity contribution in [2.45, 2.75) is 58.7 Å². The molecule has 1 atom stereocenters. The van der Waals surface area contributed by atoms with Gasteiger partial charge in [-0.2, -0.15) is 0 Å². The Morgan fingerprint density at radius 2 is 1.60 bits per heavy atom. The molecular weight excluding hydrogens is 188 g/mol. The first kappa shape index (κ1) is 14.4. The van der Waals surface area contributed by atoms with Gasteiger partial charge >= 0.3 is 0 Å². The van der Waals surface area contributed by atoms with Crippen molar-refractivity contribution >= 4 is 0 Å². The Hall–Kier alpha value is -0.600. The Labute approximate surface area is 93.3 Å². The van der Waals surface area contributed by atoms with Gasteiger partial charge in [0.05, 0.1) is 11.2 Å². The van der Waals surface area contributed by atoms with Crippen LogP contribution in [0.1, 0.15) is 47.5 Å². The van der Waals surface area contributed by atoms with Gasteiger partial charge in [0.2, 0.25) is 0 Å². The van der Waals surface area contributed by atoms with Gasteiger partial charge in [0.15, 0.2) is 0 Å². The molecule has 1 unspecified atom stereocenters. The van der Waals surface area contributed by atoms with Crippen molar-refractivity contribution < 1.29 is 10.2 Å². The van der Waals surface area contributed by atoms with E-state index in [0.717, 1.165) is 6.42 Å². The largest absolute Gasteiger partial charge is 0.386 e. The van der Waals surface area contributed by atoms with E-state index >= 15 is 0 Å². The number of hydrogen-bond donors (Lipinski definition) is 2. The molecule has 0 spiro atoms. The summed E-state index contributed by atoms with van der Waals surface area (Å²) in [6, 6.07) is 0. The summed E-state index contributed by atoms with van der Waals surface area (Å²) < 4.78 is 0. The molecule has 2 nitrogen and oxygen atoms in total. The molecule has 0 rings (SSSR count). The third-order valence-electron chi connectivity index (χ3n) is 2.05. The Morgan fingerprint density at radius 3 is 2.00 bits per heavy atom. The number of rotatable bonds is 5. The molecule has 0 aliphatic rings. The van der Waals surface area contributed by atoms with Crippen molar-refractivity contribution in [3.8, 4) is 0 Å². The van der Waals surface area contributed by atoms with Crippen molar-refractivity contribution in [1.29, 1.82) is 0 Å². The zero-order chi connectivity index (χ0) is 12.1. The van der Waals surface area contributed by atoms with Crippen LogP contribution in [-0.4, -0.2) is 21.4 Å². The van der Waals surface area contributed by atoms with Gasteiger partial charge in [-0.25, -0.2) is 0 Å². The molecular formula is C13H24O2. The van der Waals surface area contributed by atoms with E-state index in [4.69, 9.17) is 0 Å². The number of hydrogen-bond acceptors (Lipinski definition) is 2. The maximum Gasteiger partial charge on any atom is 0.0803 e. The Balaban J connectivity index is 4.19. The zero-order valence-corrected chi connectivity index (χ0v) is 10.5. The van der Waals surface area contributed by atoms with E-state index in [1.54, 1.807) is 32.9 Å². The lowest BCUT2D eigenvalue weighted by molar-refractivity contribution is 0.0943. The maximum atomic E-state index is 9.96. The van der Waals surface area contributed by atoms with Gasteiger partial charge in [0.1, 0.15) is 0 Å². The molecule has 0 saturated heterocycles. The average molecular weight is 212 g/mol. The second kappa shape index (κ2) is 5.47. The minimum absolute atomic E-state index is 0.671. The molecule has 0 bridgehead atoms. The summed E-state index contributed by atoms with van der Waals surface area (Å²) >= 11 is 0. The fraction of sp³-hybridized carbons (Fsp3) is 0.692. The van der Waals surface area contributed by atoms with Crippen LogP contribution in [-0.2, 0) is 0 Å². The molecule has 0 saturated carbocycles. The highest BCUT2D eigenvalue weighted by Crippen LogP contribution is 2.17. The third kappa shape index (κ3) is 9.70. The van der Waals surface area contributed by atoms with Crippen LogP contribution >= 0.6 is 0 Å². The summed E-state index contributed by atoms with van der Waals surface area (Å²) in [5, 5.41) is 19.4. The first-order valence-corrected chi connectivity index (χ1v) is 5.41. The van der Waals surface area contributed by atoms with Gasteiger partial charge < -0.3 is 10.2 Å². The second-order valence-corrected chi connectivity index (χ2v) is 5.16. The molecule has 0 aliphatic heterocycles. The topological polar surface area (TPSA) is 40.5 Å². The summed E-state index contributed by atoms with van der Waals surface area (Å²) in [6.45, 7) is 9.22. The quantitative estimate of drug-likeness (QED) is 0.688. The lowest BCUT2D eigenvalue weighted by Crippen LogP contribution is -2.23. The van der Waals surface area contributed by atoms with Gasteiger partial charge in [-0.1, -0.05) is 23.8 Å². The maximum absolute atomic E-state index is 9.96. The smallest absolute Gasteiger partial charge is 0.0803 e. The van der Waals surface area contributed by atoms with Crippen LogP contribution < -0.4 is 0 Å². The summed E-state index contributed by atoms with van der Waals surface area (Å²) in [7, 11) is 0. The van der Waals surface area contributed by atoms with E-state index in [1.807, 2.05) is 13.8 Å². The predicted molar refractivity (Wildman–Crippen MR) is 64.7 cm³/mol. The molecule has 2 heteroatoms. The molecule has 15 heavy (non-hydrogen) atoms. The molecule has 0 aliphatic carbocycles. The minimum Gasteiger partial charge on any atom is -0.386 e. The van der Waals surface area contributed by atoms with E-state index < -0.39 is 11.2 Å². The fourth-order valence-corrected chi connectivity index (χ4v) is 1.12. The van der Waals surface area contributed by atoms with Crippen molar-refractivity contribution in [2.24, 2.45) is 0 Å². The summed E-state index contributed by atoms with van der Waals surface area (Å²) in [5.41, 5.74) is -0.441. The SMILES string of the molecule is CC(C)=CCCC(C)(O)/C=C/C(C)(C)O. The van der Waals surface area contributed by atoms with Crippen molar-refractivity contribution in [3.05, 3.63) is 23.8 Å². The van der Waals surface area contributed by atoms with Gasteiger partial charge in [-0.3, -0.25) is 0 Å². The third-order valence-corrected chi connectivity index (χ3v) is 2.05. The van der Waals surface area contributed by atoms with Crippen molar-refractivity contribution in [1.82, 2.24) is 0 Å². The van der Waals surface area contributed by atoms with Gasteiger partial charge in [0.25, 0.3) is 0 Å². The molecule has 0 heterocycles. The fourth-order valence-electron chi connectivity index (χ4n) is 1.12. The van der Waals surface area contributed by atoms with E-state index in [1.165, 1.54) is 5.57 Å². The van der Waals surface area contributed by atoms with E-state index in [9.17, 15) is 10.2 Å². The van der Waals surface area contributed by atoms with Gasteiger partial charge in [0, 0.05) is 0 Å². The van der Waals surface area contributed by atoms with Crippen LogP contribution in [0.3, 0.4) is 0 Å². The molecule has 0 aromatic carbocycles. The van der Waals surface area contributed by atoms with Gasteiger partial charge in [-0.15, -0.1) is 0 Å². The average Bonchev–Trinajstić information content (AvgIpc) is 1.99. The molecule has 0 amide bonds. The molecule has 88 valence electrons. The monoisotopic (exact) mass is 212 g/mol. The second-order valence-electron chi connectivity index (χ2n) is 5.16. The highest BCUT2D eigenvalue weighted by molar-refractivity contribution is 5.06.